The van der Waals surface area contributed by atoms with E-state index < -0.39 is 12.1 Å². The average molecular weight is 297 g/mol. The minimum absolute atomic E-state index is 0.156. The monoisotopic (exact) mass is 297 g/mol. The van der Waals surface area contributed by atoms with Gasteiger partial charge >= 0.3 is 12.1 Å². The van der Waals surface area contributed by atoms with Crippen LogP contribution in [0.4, 0.5) is 4.79 Å². The molecule has 1 amide bonds. The summed E-state index contributed by atoms with van der Waals surface area (Å²) in [5.74, 6) is -0.560. The van der Waals surface area contributed by atoms with Crippen LogP contribution in [-0.4, -0.2) is 44.5 Å². The smallest absolute Gasteiger partial charge is 0.436 e. The van der Waals surface area contributed by atoms with Crippen molar-refractivity contribution < 1.29 is 19.1 Å². The van der Waals surface area contributed by atoms with Gasteiger partial charge < -0.3 is 9.47 Å². The molecule has 2 aromatic rings. The van der Waals surface area contributed by atoms with Crippen LogP contribution in [0.5, 0.6) is 0 Å². The molecule has 0 atom stereocenters. The third-order valence-electron chi connectivity index (χ3n) is 2.13. The summed E-state index contributed by atoms with van der Waals surface area (Å²) in [5, 5.41) is 7.77. The zero-order chi connectivity index (χ0) is 14.5. The van der Waals surface area contributed by atoms with Gasteiger partial charge in [0.1, 0.15) is 5.56 Å². The van der Waals surface area contributed by atoms with Crippen LogP contribution in [0.2, 0.25) is 0 Å². The van der Waals surface area contributed by atoms with Crippen molar-refractivity contribution in [3.8, 4) is 0 Å². The van der Waals surface area contributed by atoms with Gasteiger partial charge in [-0.05, 0) is 13.8 Å². The van der Waals surface area contributed by atoms with E-state index in [4.69, 9.17) is 9.47 Å². The van der Waals surface area contributed by atoms with Crippen LogP contribution in [0.1, 0.15) is 24.2 Å². The Hall–Kier alpha value is -2.36. The lowest BCUT2D eigenvalue weighted by molar-refractivity contribution is 0.0528. The molecular formula is C10H11N5O4S. The Balaban J connectivity index is 2.50. The number of amides is 1. The van der Waals surface area contributed by atoms with E-state index in [1.807, 2.05) is 0 Å². The van der Waals surface area contributed by atoms with Crippen molar-refractivity contribution in [1.82, 2.24) is 19.2 Å². The first kappa shape index (κ1) is 14.1. The fourth-order valence-corrected chi connectivity index (χ4v) is 1.88. The molecule has 10 heteroatoms. The Morgan fingerprint density at radius 1 is 1.35 bits per heavy atom. The van der Waals surface area contributed by atoms with E-state index in [0.717, 1.165) is 11.5 Å². The molecule has 0 aliphatic heterocycles. The molecule has 2 rings (SSSR count). The van der Waals surface area contributed by atoms with Crippen LogP contribution in [-0.2, 0) is 9.47 Å². The van der Waals surface area contributed by atoms with E-state index in [-0.39, 0.29) is 29.2 Å². The van der Waals surface area contributed by atoms with Crippen molar-refractivity contribution in [2.75, 3.05) is 13.2 Å². The maximum atomic E-state index is 11.7. The number of hydrogen-bond acceptors (Lipinski definition) is 8. The number of ether oxygens (including phenoxy) is 2. The minimum atomic E-state index is -0.758. The van der Waals surface area contributed by atoms with E-state index in [1.54, 1.807) is 13.8 Å². The topological polar surface area (TPSA) is 108 Å². The number of esters is 1. The summed E-state index contributed by atoms with van der Waals surface area (Å²) in [7, 11) is 0. The first-order valence-electron chi connectivity index (χ1n) is 5.76. The average Bonchev–Trinajstić information content (AvgIpc) is 2.84. The van der Waals surface area contributed by atoms with Gasteiger partial charge in [0, 0.05) is 11.5 Å². The molecule has 20 heavy (non-hydrogen) atoms. The molecule has 106 valence electrons. The first-order valence-corrected chi connectivity index (χ1v) is 6.53. The van der Waals surface area contributed by atoms with Gasteiger partial charge in [-0.15, -0.1) is 10.1 Å². The summed E-state index contributed by atoms with van der Waals surface area (Å²) in [4.78, 5) is 26.9. The second-order valence-electron chi connectivity index (χ2n) is 3.38. The van der Waals surface area contributed by atoms with Crippen LogP contribution in [0.15, 0.2) is 11.2 Å². The van der Waals surface area contributed by atoms with E-state index >= 15 is 0 Å². The second-order valence-corrected chi connectivity index (χ2v) is 4.09. The summed E-state index contributed by atoms with van der Waals surface area (Å²) in [5.41, 5.74) is 0.331. The Labute approximate surface area is 117 Å². The number of carbonyl (C=O) groups excluding carboxylic acids is 2. The van der Waals surface area contributed by atoms with Gasteiger partial charge in [-0.3, -0.25) is 0 Å². The Morgan fingerprint density at radius 2 is 2.10 bits per heavy atom. The van der Waals surface area contributed by atoms with Gasteiger partial charge in [-0.25, -0.2) is 9.59 Å². The van der Waals surface area contributed by atoms with Crippen molar-refractivity contribution in [1.29, 1.82) is 0 Å². The van der Waals surface area contributed by atoms with Crippen molar-refractivity contribution in [2.45, 2.75) is 13.8 Å². The Bertz CT molecular complexity index is 707. The van der Waals surface area contributed by atoms with E-state index in [9.17, 15) is 9.59 Å². The van der Waals surface area contributed by atoms with E-state index in [0.29, 0.717) is 0 Å². The Morgan fingerprint density at radius 3 is 2.80 bits per heavy atom. The fraction of sp³-hybridized carbons (Fsp3) is 0.400. The molecule has 0 aromatic carbocycles. The highest BCUT2D eigenvalue weighted by molar-refractivity contribution is 7.02. The van der Waals surface area contributed by atoms with E-state index in [1.165, 1.54) is 10.7 Å². The van der Waals surface area contributed by atoms with Crippen LogP contribution in [0.3, 0.4) is 0 Å². The molecule has 9 nitrogen and oxygen atoms in total. The highest BCUT2D eigenvalue weighted by atomic mass is 32.1. The number of carbonyl (C=O) groups is 2. The number of aromatic nitrogens is 4. The van der Waals surface area contributed by atoms with E-state index in [2.05, 4.69) is 19.7 Å². The van der Waals surface area contributed by atoms with Crippen molar-refractivity contribution >= 4 is 29.2 Å². The number of hydrogen-bond donors (Lipinski definition) is 0. The minimum Gasteiger partial charge on any atom is -0.462 e. The predicted octanol–water partition coefficient (Wildman–Crippen LogP) is 0.420. The molecule has 2 aromatic heterocycles. The highest BCUT2D eigenvalue weighted by Crippen LogP contribution is 2.06. The molecule has 0 radical (unpaired) electrons. The summed E-state index contributed by atoms with van der Waals surface area (Å²) < 4.78 is 14.5. The molecule has 0 N–H and O–H groups in total. The van der Waals surface area contributed by atoms with Gasteiger partial charge in [0.15, 0.2) is 5.65 Å². The zero-order valence-electron chi connectivity index (χ0n) is 10.8. The number of nitrogens with zero attached hydrogens (tertiary/aromatic N) is 5. The third kappa shape index (κ3) is 2.79. The van der Waals surface area contributed by atoms with Gasteiger partial charge in [0.25, 0.3) is 0 Å². The third-order valence-corrected chi connectivity index (χ3v) is 2.72. The largest absolute Gasteiger partial charge is 0.462 e. The molecule has 0 spiro atoms. The summed E-state index contributed by atoms with van der Waals surface area (Å²) in [6.45, 7) is 3.81. The number of fused-ring (bicyclic) bond motifs is 1. The van der Waals surface area contributed by atoms with Gasteiger partial charge in [0.05, 0.1) is 19.4 Å². The van der Waals surface area contributed by atoms with Crippen molar-refractivity contribution in [3.63, 3.8) is 0 Å². The molecular weight excluding hydrogens is 286 g/mol. The first-order chi connectivity index (χ1) is 9.67. The van der Waals surface area contributed by atoms with Crippen LogP contribution >= 0.6 is 11.5 Å². The standard InChI is InChI=1S/C10H11N5O4S/c1-3-18-8(16)6-5-11-15-7(6)13-14-20-9(15)12-10(17)19-4-2/h5H,3-4H2,1-2H3/b12-9+. The van der Waals surface area contributed by atoms with Crippen molar-refractivity contribution in [3.05, 3.63) is 16.6 Å². The normalized spacial score (nSPS) is 11.6. The van der Waals surface area contributed by atoms with Crippen LogP contribution < -0.4 is 4.80 Å². The van der Waals surface area contributed by atoms with Crippen LogP contribution in [0.25, 0.3) is 5.65 Å². The van der Waals surface area contributed by atoms with Gasteiger partial charge in [0.2, 0.25) is 4.80 Å². The summed E-state index contributed by atoms with van der Waals surface area (Å²) in [6.07, 6.45) is 0.532. The second kappa shape index (κ2) is 6.19. The number of rotatable bonds is 3. The molecule has 0 saturated heterocycles. The highest BCUT2D eigenvalue weighted by Gasteiger charge is 2.16. The lowest BCUT2D eigenvalue weighted by Gasteiger charge is -1.98. The molecule has 2 heterocycles. The molecule has 0 bridgehead atoms. The maximum absolute atomic E-state index is 11.7. The Kier molecular flexibility index (Phi) is 4.35. The van der Waals surface area contributed by atoms with Gasteiger partial charge in [-0.1, -0.05) is 4.49 Å². The maximum Gasteiger partial charge on any atom is 0.436 e. The van der Waals surface area contributed by atoms with Gasteiger partial charge in [-0.2, -0.15) is 9.61 Å². The molecule has 0 unspecified atom stereocenters. The molecule has 0 aliphatic rings. The summed E-state index contributed by atoms with van der Waals surface area (Å²) >= 11 is 0.854. The van der Waals surface area contributed by atoms with Crippen molar-refractivity contribution in [2.24, 2.45) is 4.99 Å². The SMILES string of the molecule is CCOC(=O)/N=c1/snnc2c(C(=O)OCC)cnn12. The molecule has 0 aliphatic carbocycles. The predicted molar refractivity (Wildman–Crippen MR) is 67.2 cm³/mol. The molecule has 0 fully saturated rings. The zero-order valence-corrected chi connectivity index (χ0v) is 11.6. The molecule has 0 saturated carbocycles. The quantitative estimate of drug-likeness (QED) is 0.755. The lowest BCUT2D eigenvalue weighted by Crippen LogP contribution is -2.17. The summed E-state index contributed by atoms with van der Waals surface area (Å²) in [6, 6.07) is 0. The van der Waals surface area contributed by atoms with Crippen LogP contribution in [0, 0.1) is 0 Å². The fourth-order valence-electron chi connectivity index (χ4n) is 1.37. The lowest BCUT2D eigenvalue weighted by atomic mass is 10.3.